The van der Waals surface area contributed by atoms with E-state index in [-0.39, 0.29) is 11.9 Å². The quantitative estimate of drug-likeness (QED) is 0.893. The van der Waals surface area contributed by atoms with Gasteiger partial charge in [-0.3, -0.25) is 9.69 Å². The molecule has 0 spiro atoms. The van der Waals surface area contributed by atoms with Gasteiger partial charge in [-0.1, -0.05) is 43.2 Å². The molecule has 3 fully saturated rings. The lowest BCUT2D eigenvalue weighted by Gasteiger charge is -2.49. The molecule has 3 atom stereocenters. The van der Waals surface area contributed by atoms with Crippen molar-refractivity contribution in [2.75, 3.05) is 13.1 Å². The van der Waals surface area contributed by atoms with Crippen molar-refractivity contribution >= 4 is 5.91 Å². The summed E-state index contributed by atoms with van der Waals surface area (Å²) in [6.45, 7) is 1.62. The molecule has 0 radical (unpaired) electrons. The van der Waals surface area contributed by atoms with Crippen LogP contribution in [-0.4, -0.2) is 40.6 Å². The number of piperidine rings is 1. The van der Waals surface area contributed by atoms with Gasteiger partial charge < -0.3 is 10.4 Å². The van der Waals surface area contributed by atoms with E-state index in [0.717, 1.165) is 57.2 Å². The van der Waals surface area contributed by atoms with Crippen LogP contribution in [0.3, 0.4) is 0 Å². The predicted octanol–water partition coefficient (Wildman–Crippen LogP) is 2.63. The van der Waals surface area contributed by atoms with E-state index in [4.69, 9.17) is 0 Å². The van der Waals surface area contributed by atoms with E-state index < -0.39 is 5.60 Å². The summed E-state index contributed by atoms with van der Waals surface area (Å²) in [5.74, 6) is 0.435. The first-order valence-corrected chi connectivity index (χ1v) is 9.47. The number of hydrogen-bond acceptors (Lipinski definition) is 3. The third-order valence-electron chi connectivity index (χ3n) is 6.11. The molecule has 1 aromatic carbocycles. The molecule has 0 aromatic heterocycles. The molecule has 3 unspecified atom stereocenters. The van der Waals surface area contributed by atoms with Gasteiger partial charge in [-0.05, 0) is 37.7 Å². The molecule has 2 aliphatic carbocycles. The lowest BCUT2D eigenvalue weighted by Crippen LogP contribution is -2.55. The highest BCUT2D eigenvalue weighted by molar-refractivity contribution is 5.83. The zero-order chi connectivity index (χ0) is 16.6. The van der Waals surface area contributed by atoms with E-state index in [0.29, 0.717) is 12.0 Å². The number of carbonyl (C=O) groups excluding carboxylic acids is 1. The van der Waals surface area contributed by atoms with E-state index in [1.807, 2.05) is 18.2 Å². The van der Waals surface area contributed by atoms with Crippen LogP contribution in [0.2, 0.25) is 0 Å². The third-order valence-corrected chi connectivity index (χ3v) is 6.11. The van der Waals surface area contributed by atoms with Gasteiger partial charge in [-0.2, -0.15) is 0 Å². The molecule has 4 heteroatoms. The molecular formula is C20H28N2O2. The molecular weight excluding hydrogens is 300 g/mol. The fourth-order valence-corrected chi connectivity index (χ4v) is 4.50. The Hall–Kier alpha value is -1.39. The van der Waals surface area contributed by atoms with Crippen LogP contribution in [0.1, 0.15) is 56.6 Å². The summed E-state index contributed by atoms with van der Waals surface area (Å²) in [5.41, 5.74) is 0.570. The standard InChI is InChI=1S/C20H28N2O2/c23-19(21-17-9-10-17)18(15-6-2-1-3-7-15)22-13-12-20(24)11-5-4-8-16(20)14-22/h1-3,6-7,16-18,24H,4-5,8-14H2,(H,21,23). The predicted molar refractivity (Wildman–Crippen MR) is 93.4 cm³/mol. The number of rotatable bonds is 4. The van der Waals surface area contributed by atoms with Gasteiger partial charge in [-0.15, -0.1) is 0 Å². The van der Waals surface area contributed by atoms with Crippen LogP contribution in [0.5, 0.6) is 0 Å². The molecule has 1 amide bonds. The second-order valence-corrected chi connectivity index (χ2v) is 7.89. The SMILES string of the molecule is O=C(NC1CC1)C(c1ccccc1)N1CCC2(O)CCCCC2C1. The Labute approximate surface area is 144 Å². The Bertz CT molecular complexity index is 587. The Morgan fingerprint density at radius 1 is 1.17 bits per heavy atom. The van der Waals surface area contributed by atoms with Crippen molar-refractivity contribution in [3.8, 4) is 0 Å². The number of amides is 1. The molecule has 4 nitrogen and oxygen atoms in total. The highest BCUT2D eigenvalue weighted by Crippen LogP contribution is 2.42. The van der Waals surface area contributed by atoms with Crippen LogP contribution in [0, 0.1) is 5.92 Å². The number of likely N-dealkylation sites (tertiary alicyclic amines) is 1. The van der Waals surface area contributed by atoms with Gasteiger partial charge >= 0.3 is 0 Å². The fourth-order valence-electron chi connectivity index (χ4n) is 4.50. The highest BCUT2D eigenvalue weighted by Gasteiger charge is 2.45. The third kappa shape index (κ3) is 3.22. The van der Waals surface area contributed by atoms with Crippen LogP contribution in [0.25, 0.3) is 0 Å². The first-order valence-electron chi connectivity index (χ1n) is 9.47. The van der Waals surface area contributed by atoms with Crippen molar-refractivity contribution in [3.05, 3.63) is 35.9 Å². The second-order valence-electron chi connectivity index (χ2n) is 7.89. The molecule has 1 saturated heterocycles. The van der Waals surface area contributed by atoms with E-state index in [1.54, 1.807) is 0 Å². The summed E-state index contributed by atoms with van der Waals surface area (Å²) in [6, 6.07) is 10.3. The van der Waals surface area contributed by atoms with E-state index >= 15 is 0 Å². The Balaban J connectivity index is 1.55. The Morgan fingerprint density at radius 3 is 2.71 bits per heavy atom. The summed E-state index contributed by atoms with van der Waals surface area (Å²) in [4.78, 5) is 15.2. The normalized spacial score (nSPS) is 32.0. The minimum Gasteiger partial charge on any atom is -0.390 e. The number of nitrogens with one attached hydrogen (secondary N) is 1. The zero-order valence-corrected chi connectivity index (χ0v) is 14.3. The van der Waals surface area contributed by atoms with Crippen LogP contribution < -0.4 is 5.32 Å². The van der Waals surface area contributed by atoms with E-state index in [9.17, 15) is 9.90 Å². The molecule has 2 N–H and O–H groups in total. The summed E-state index contributed by atoms with van der Waals surface area (Å²) >= 11 is 0. The highest BCUT2D eigenvalue weighted by atomic mass is 16.3. The number of carbonyl (C=O) groups is 1. The van der Waals surface area contributed by atoms with Crippen LogP contribution in [0.15, 0.2) is 30.3 Å². The number of benzene rings is 1. The van der Waals surface area contributed by atoms with Gasteiger partial charge in [0.15, 0.2) is 0 Å². The maximum atomic E-state index is 12.9. The first kappa shape index (κ1) is 16.1. The molecule has 1 aliphatic heterocycles. The van der Waals surface area contributed by atoms with Crippen molar-refractivity contribution in [3.63, 3.8) is 0 Å². The molecule has 1 aromatic rings. The van der Waals surface area contributed by atoms with Crippen molar-refractivity contribution in [1.29, 1.82) is 0 Å². The minimum absolute atomic E-state index is 0.130. The summed E-state index contributed by atoms with van der Waals surface area (Å²) in [5, 5.41) is 14.1. The minimum atomic E-state index is -0.497. The van der Waals surface area contributed by atoms with Gasteiger partial charge in [0.25, 0.3) is 0 Å². The average Bonchev–Trinajstić information content (AvgIpc) is 3.40. The maximum Gasteiger partial charge on any atom is 0.242 e. The van der Waals surface area contributed by atoms with Crippen molar-refractivity contribution in [1.82, 2.24) is 10.2 Å². The van der Waals surface area contributed by atoms with Crippen LogP contribution in [0.4, 0.5) is 0 Å². The second kappa shape index (κ2) is 6.49. The molecule has 1 heterocycles. The zero-order valence-electron chi connectivity index (χ0n) is 14.3. The van der Waals surface area contributed by atoms with Crippen molar-refractivity contribution < 1.29 is 9.90 Å². The molecule has 130 valence electrons. The molecule has 0 bridgehead atoms. The number of nitrogens with zero attached hydrogens (tertiary/aromatic N) is 1. The van der Waals surface area contributed by atoms with Gasteiger partial charge in [0.1, 0.15) is 6.04 Å². The first-order chi connectivity index (χ1) is 11.7. The fraction of sp³-hybridized carbons (Fsp3) is 0.650. The van der Waals surface area contributed by atoms with Crippen molar-refractivity contribution in [2.24, 2.45) is 5.92 Å². The summed E-state index contributed by atoms with van der Waals surface area (Å²) in [6.07, 6.45) is 7.35. The van der Waals surface area contributed by atoms with Gasteiger partial charge in [-0.25, -0.2) is 0 Å². The maximum absolute atomic E-state index is 12.9. The van der Waals surface area contributed by atoms with Gasteiger partial charge in [0.2, 0.25) is 5.91 Å². The Morgan fingerprint density at radius 2 is 1.96 bits per heavy atom. The van der Waals surface area contributed by atoms with E-state index in [2.05, 4.69) is 22.3 Å². The monoisotopic (exact) mass is 328 g/mol. The lowest BCUT2D eigenvalue weighted by atomic mass is 9.71. The molecule has 3 aliphatic rings. The van der Waals surface area contributed by atoms with E-state index in [1.165, 1.54) is 6.42 Å². The molecule has 24 heavy (non-hydrogen) atoms. The molecule has 2 saturated carbocycles. The topological polar surface area (TPSA) is 52.6 Å². The summed E-state index contributed by atoms with van der Waals surface area (Å²) in [7, 11) is 0. The lowest BCUT2D eigenvalue weighted by molar-refractivity contribution is -0.135. The van der Waals surface area contributed by atoms with Crippen LogP contribution in [-0.2, 0) is 4.79 Å². The largest absolute Gasteiger partial charge is 0.390 e. The molecule has 4 rings (SSSR count). The average molecular weight is 328 g/mol. The number of aliphatic hydroxyl groups is 1. The summed E-state index contributed by atoms with van der Waals surface area (Å²) < 4.78 is 0. The smallest absolute Gasteiger partial charge is 0.242 e. The van der Waals surface area contributed by atoms with Crippen molar-refractivity contribution in [2.45, 2.75) is 62.6 Å². The van der Waals surface area contributed by atoms with Crippen LogP contribution >= 0.6 is 0 Å². The van der Waals surface area contributed by atoms with Gasteiger partial charge in [0.05, 0.1) is 5.60 Å². The number of hydrogen-bond donors (Lipinski definition) is 2. The Kier molecular flexibility index (Phi) is 4.35. The van der Waals surface area contributed by atoms with Gasteiger partial charge in [0, 0.05) is 25.0 Å². The number of fused-ring (bicyclic) bond motifs is 1.